The van der Waals surface area contributed by atoms with E-state index in [0.717, 1.165) is 0 Å². The first kappa shape index (κ1) is 12.0. The summed E-state index contributed by atoms with van der Waals surface area (Å²) in [4.78, 5) is 12.7. The normalized spacial score (nSPS) is 13.4. The maximum Gasteiger partial charge on any atom is 0.222 e. The van der Waals surface area contributed by atoms with Crippen LogP contribution in [0.2, 0.25) is 0 Å². The van der Waals surface area contributed by atoms with Crippen LogP contribution in [0.5, 0.6) is 0 Å². The molecule has 0 N–H and O–H groups in total. The van der Waals surface area contributed by atoms with Crippen LogP contribution in [0.1, 0.15) is 27.7 Å². The predicted octanol–water partition coefficient (Wildman–Crippen LogP) is 2.00. The first-order valence-corrected chi connectivity index (χ1v) is 4.50. The van der Waals surface area contributed by atoms with Crippen LogP contribution in [0, 0.1) is 5.92 Å². The summed E-state index contributed by atoms with van der Waals surface area (Å²) in [7, 11) is 1.75. The van der Waals surface area contributed by atoms with Gasteiger partial charge in [-0.15, -0.1) is 0 Å². The fraction of sp³-hybridized carbons (Fsp3) is 0.700. The van der Waals surface area contributed by atoms with E-state index < -0.39 is 0 Å². The van der Waals surface area contributed by atoms with Crippen molar-refractivity contribution in [3.05, 3.63) is 12.3 Å². The summed E-state index contributed by atoms with van der Waals surface area (Å²) in [6, 6.07) is 0. The quantitative estimate of drug-likeness (QED) is 0.495. The van der Waals surface area contributed by atoms with E-state index in [2.05, 4.69) is 0 Å². The molecule has 0 rings (SSSR count). The number of allylic oxidation sites excluding steroid dienone is 1. The van der Waals surface area contributed by atoms with Gasteiger partial charge in [0.1, 0.15) is 0 Å². The largest absolute Gasteiger partial charge is 0.478 e. The van der Waals surface area contributed by atoms with E-state index >= 15 is 0 Å². The zero-order chi connectivity index (χ0) is 10.4. The average Bonchev–Trinajstić information content (AvgIpc) is 2.04. The molecule has 0 fully saturated rings. The Hall–Kier alpha value is -0.990. The molecule has 1 amide bonds. The molecular formula is C10H19NO2. The van der Waals surface area contributed by atoms with Crippen LogP contribution < -0.4 is 0 Å². The molecule has 0 bridgehead atoms. The Morgan fingerprint density at radius 3 is 2.31 bits per heavy atom. The monoisotopic (exact) mass is 185 g/mol. The van der Waals surface area contributed by atoms with E-state index in [1.807, 2.05) is 26.8 Å². The Morgan fingerprint density at radius 1 is 1.46 bits per heavy atom. The van der Waals surface area contributed by atoms with Crippen LogP contribution >= 0.6 is 0 Å². The van der Waals surface area contributed by atoms with Gasteiger partial charge >= 0.3 is 0 Å². The number of hydrogen-bond donors (Lipinski definition) is 0. The molecule has 0 heterocycles. The molecule has 76 valence electrons. The Morgan fingerprint density at radius 2 is 2.00 bits per heavy atom. The lowest BCUT2D eigenvalue weighted by molar-refractivity contribution is -0.139. The number of hydrogen-bond acceptors (Lipinski definition) is 2. The van der Waals surface area contributed by atoms with Gasteiger partial charge in [-0.3, -0.25) is 4.79 Å². The van der Waals surface area contributed by atoms with Gasteiger partial charge in [0.05, 0.1) is 6.26 Å². The zero-order valence-electron chi connectivity index (χ0n) is 9.07. The van der Waals surface area contributed by atoms with Crippen molar-refractivity contribution in [1.29, 1.82) is 0 Å². The summed E-state index contributed by atoms with van der Waals surface area (Å²) in [5.41, 5.74) is 0. The predicted molar refractivity (Wildman–Crippen MR) is 53.0 cm³/mol. The Kier molecular flexibility index (Phi) is 5.19. The zero-order valence-corrected chi connectivity index (χ0v) is 9.07. The van der Waals surface area contributed by atoms with Gasteiger partial charge < -0.3 is 9.64 Å². The van der Waals surface area contributed by atoms with Crippen molar-refractivity contribution in [2.24, 2.45) is 5.92 Å². The summed E-state index contributed by atoms with van der Waals surface area (Å²) >= 11 is 0. The molecule has 0 radical (unpaired) electrons. The first-order valence-electron chi connectivity index (χ1n) is 4.50. The molecule has 0 aliphatic heterocycles. The van der Waals surface area contributed by atoms with Crippen molar-refractivity contribution < 1.29 is 9.53 Å². The summed E-state index contributed by atoms with van der Waals surface area (Å²) in [6.45, 7) is 7.46. The minimum absolute atomic E-state index is 0.0169. The van der Waals surface area contributed by atoms with Crippen LogP contribution in [0.4, 0.5) is 0 Å². The van der Waals surface area contributed by atoms with Crippen LogP contribution in [-0.2, 0) is 9.53 Å². The summed E-state index contributed by atoms with van der Waals surface area (Å²) in [5.74, 6) is 0.299. The third-order valence-corrected chi connectivity index (χ3v) is 1.80. The van der Waals surface area contributed by atoms with E-state index in [9.17, 15) is 4.79 Å². The molecule has 0 aromatic rings. The number of amides is 1. The third-order valence-electron chi connectivity index (χ3n) is 1.80. The number of carbonyl (C=O) groups excluding carboxylic acids is 1. The fourth-order valence-corrected chi connectivity index (χ4v) is 1.03. The molecule has 0 aromatic carbocycles. The second-order valence-electron chi connectivity index (χ2n) is 3.37. The molecule has 0 aromatic heterocycles. The molecule has 13 heavy (non-hydrogen) atoms. The minimum Gasteiger partial charge on any atom is -0.478 e. The second kappa shape index (κ2) is 5.62. The molecule has 0 aliphatic rings. The van der Waals surface area contributed by atoms with Crippen LogP contribution in [-0.4, -0.2) is 24.1 Å². The molecule has 3 heteroatoms. The van der Waals surface area contributed by atoms with Gasteiger partial charge in [0, 0.05) is 19.9 Å². The van der Waals surface area contributed by atoms with Crippen LogP contribution in [0.3, 0.4) is 0 Å². The maximum absolute atomic E-state index is 11.1. The SMILES string of the molecule is C/C=C/OC(C(C)C)N(C)C(C)=O. The highest BCUT2D eigenvalue weighted by atomic mass is 16.5. The van der Waals surface area contributed by atoms with Crippen molar-refractivity contribution in [3.63, 3.8) is 0 Å². The molecule has 1 unspecified atom stereocenters. The number of nitrogens with zero attached hydrogens (tertiary/aromatic N) is 1. The highest BCUT2D eigenvalue weighted by Crippen LogP contribution is 2.11. The lowest BCUT2D eigenvalue weighted by atomic mass is 10.2. The summed E-state index contributed by atoms with van der Waals surface area (Å²) in [6.07, 6.45) is 3.25. The lowest BCUT2D eigenvalue weighted by Gasteiger charge is -2.29. The van der Waals surface area contributed by atoms with Gasteiger partial charge in [0.25, 0.3) is 0 Å². The van der Waals surface area contributed by atoms with E-state index in [4.69, 9.17) is 4.74 Å². The average molecular weight is 185 g/mol. The molecule has 0 saturated heterocycles. The van der Waals surface area contributed by atoms with Crippen molar-refractivity contribution in [3.8, 4) is 0 Å². The van der Waals surface area contributed by atoms with Gasteiger partial charge in [-0.2, -0.15) is 0 Å². The topological polar surface area (TPSA) is 29.5 Å². The Labute approximate surface area is 80.4 Å². The second-order valence-corrected chi connectivity index (χ2v) is 3.37. The van der Waals surface area contributed by atoms with Crippen LogP contribution in [0.25, 0.3) is 0 Å². The Balaban J connectivity index is 4.32. The minimum atomic E-state index is -0.173. The van der Waals surface area contributed by atoms with Gasteiger partial charge in [-0.05, 0) is 6.92 Å². The molecular weight excluding hydrogens is 166 g/mol. The molecule has 0 aliphatic carbocycles. The Bertz CT molecular complexity index is 187. The van der Waals surface area contributed by atoms with Crippen molar-refractivity contribution in [2.45, 2.75) is 33.9 Å². The van der Waals surface area contributed by atoms with Crippen molar-refractivity contribution in [2.75, 3.05) is 7.05 Å². The first-order chi connectivity index (χ1) is 6.00. The van der Waals surface area contributed by atoms with Gasteiger partial charge in [-0.1, -0.05) is 19.9 Å². The highest BCUT2D eigenvalue weighted by molar-refractivity contribution is 5.73. The van der Waals surface area contributed by atoms with Crippen molar-refractivity contribution in [1.82, 2.24) is 4.90 Å². The van der Waals surface area contributed by atoms with E-state index in [-0.39, 0.29) is 18.1 Å². The van der Waals surface area contributed by atoms with Crippen molar-refractivity contribution >= 4 is 5.91 Å². The van der Waals surface area contributed by atoms with Crippen LogP contribution in [0.15, 0.2) is 12.3 Å². The standard InChI is InChI=1S/C10H19NO2/c1-6-7-13-10(8(2)3)11(5)9(4)12/h6-8,10H,1-5H3/b7-6+. The van der Waals surface area contributed by atoms with Gasteiger partial charge in [-0.25, -0.2) is 0 Å². The smallest absolute Gasteiger partial charge is 0.222 e. The summed E-state index contributed by atoms with van der Waals surface area (Å²) in [5, 5.41) is 0. The number of rotatable bonds is 4. The fourth-order valence-electron chi connectivity index (χ4n) is 1.03. The highest BCUT2D eigenvalue weighted by Gasteiger charge is 2.20. The third kappa shape index (κ3) is 3.97. The number of carbonyl (C=O) groups is 1. The molecule has 0 saturated carbocycles. The lowest BCUT2D eigenvalue weighted by Crippen LogP contribution is -2.40. The van der Waals surface area contributed by atoms with Gasteiger partial charge in [0.2, 0.25) is 5.91 Å². The van der Waals surface area contributed by atoms with E-state index in [0.29, 0.717) is 0 Å². The number of ether oxygens (including phenoxy) is 1. The molecule has 0 spiro atoms. The van der Waals surface area contributed by atoms with E-state index in [1.54, 1.807) is 18.2 Å². The molecule has 1 atom stereocenters. The van der Waals surface area contributed by atoms with E-state index in [1.165, 1.54) is 6.92 Å². The summed E-state index contributed by atoms with van der Waals surface area (Å²) < 4.78 is 5.40. The molecule has 3 nitrogen and oxygen atoms in total. The maximum atomic E-state index is 11.1. The van der Waals surface area contributed by atoms with Gasteiger partial charge in [0.15, 0.2) is 6.23 Å².